The first kappa shape index (κ1) is 20.4. The van der Waals surface area contributed by atoms with Crippen LogP contribution in [0.4, 0.5) is 11.4 Å². The Morgan fingerprint density at radius 2 is 1.79 bits per heavy atom. The van der Waals surface area contributed by atoms with Crippen LogP contribution in [0.25, 0.3) is 6.08 Å². The molecule has 2 aromatic carbocycles. The van der Waals surface area contributed by atoms with Gasteiger partial charge in [-0.15, -0.1) is 0 Å². The summed E-state index contributed by atoms with van der Waals surface area (Å²) >= 11 is 0. The van der Waals surface area contributed by atoms with E-state index >= 15 is 0 Å². The molecule has 2 amide bonds. The molecule has 1 fully saturated rings. The maximum atomic E-state index is 11.3. The van der Waals surface area contributed by atoms with Gasteiger partial charge in [0.15, 0.2) is 0 Å². The summed E-state index contributed by atoms with van der Waals surface area (Å²) in [6.07, 6.45) is 5.00. The molecular formula is C22H26N4O3. The lowest BCUT2D eigenvalue weighted by atomic mass is 10.0. The number of nitrogens with one attached hydrogen (secondary N) is 1. The van der Waals surface area contributed by atoms with Gasteiger partial charge < -0.3 is 15.5 Å². The van der Waals surface area contributed by atoms with Crippen molar-refractivity contribution in [3.63, 3.8) is 0 Å². The fourth-order valence-electron chi connectivity index (χ4n) is 3.68. The van der Waals surface area contributed by atoms with Crippen LogP contribution in [-0.2, 0) is 4.79 Å². The van der Waals surface area contributed by atoms with E-state index in [2.05, 4.69) is 16.8 Å². The second-order valence-corrected chi connectivity index (χ2v) is 7.11. The number of hydrogen-bond acceptors (Lipinski definition) is 5. The van der Waals surface area contributed by atoms with Gasteiger partial charge in [0, 0.05) is 49.2 Å². The van der Waals surface area contributed by atoms with Crippen LogP contribution in [0.5, 0.6) is 0 Å². The van der Waals surface area contributed by atoms with Gasteiger partial charge in [-0.25, -0.2) is 5.48 Å². The smallest absolute Gasteiger partial charge is 0.267 e. The Kier molecular flexibility index (Phi) is 6.51. The summed E-state index contributed by atoms with van der Waals surface area (Å²) in [5.41, 5.74) is 10.5. The molecule has 0 spiro atoms. The first-order valence-electron chi connectivity index (χ1n) is 9.58. The van der Waals surface area contributed by atoms with Crippen molar-refractivity contribution in [3.05, 3.63) is 65.7 Å². The highest BCUT2D eigenvalue weighted by molar-refractivity contribution is 5.93. The van der Waals surface area contributed by atoms with Crippen LogP contribution in [0.1, 0.15) is 28.8 Å². The van der Waals surface area contributed by atoms with Crippen molar-refractivity contribution in [1.82, 2.24) is 5.48 Å². The van der Waals surface area contributed by atoms with Gasteiger partial charge in [-0.1, -0.05) is 18.2 Å². The molecule has 3 rings (SSSR count). The van der Waals surface area contributed by atoms with Gasteiger partial charge in [-0.05, 0) is 54.8 Å². The molecule has 29 heavy (non-hydrogen) atoms. The highest BCUT2D eigenvalue weighted by Crippen LogP contribution is 2.28. The molecular weight excluding hydrogens is 368 g/mol. The number of para-hydroxylation sites is 1. The van der Waals surface area contributed by atoms with Crippen LogP contribution in [0.15, 0.2) is 54.6 Å². The molecule has 1 saturated heterocycles. The normalized spacial score (nSPS) is 14.8. The number of anilines is 2. The predicted molar refractivity (Wildman–Crippen MR) is 114 cm³/mol. The van der Waals surface area contributed by atoms with Crippen molar-refractivity contribution < 1.29 is 14.8 Å². The number of hydroxylamine groups is 1. The van der Waals surface area contributed by atoms with Gasteiger partial charge in [-0.3, -0.25) is 14.8 Å². The maximum Gasteiger partial charge on any atom is 0.267 e. The Balaban J connectivity index is 1.65. The Bertz CT molecular complexity index is 887. The van der Waals surface area contributed by atoms with E-state index in [1.165, 1.54) is 6.08 Å². The number of primary amides is 1. The second kappa shape index (κ2) is 9.25. The Morgan fingerprint density at radius 3 is 2.41 bits per heavy atom. The number of nitrogens with two attached hydrogens (primary N) is 1. The summed E-state index contributed by atoms with van der Waals surface area (Å²) in [6.45, 7) is 1.79. The average Bonchev–Trinajstić information content (AvgIpc) is 2.77. The molecule has 1 aliphatic heterocycles. The molecule has 0 atom stereocenters. The number of nitrogens with zero attached hydrogens (tertiary/aromatic N) is 2. The maximum absolute atomic E-state index is 11.3. The minimum atomic E-state index is -0.553. The fourth-order valence-corrected chi connectivity index (χ4v) is 3.68. The number of piperidine rings is 1. The third kappa shape index (κ3) is 4.94. The lowest BCUT2D eigenvalue weighted by Crippen LogP contribution is -2.43. The zero-order valence-corrected chi connectivity index (χ0v) is 16.4. The Hall–Kier alpha value is -3.32. The van der Waals surface area contributed by atoms with Crippen LogP contribution in [0.2, 0.25) is 0 Å². The van der Waals surface area contributed by atoms with Crippen LogP contribution >= 0.6 is 0 Å². The summed E-state index contributed by atoms with van der Waals surface area (Å²) in [6, 6.07) is 15.7. The molecule has 1 aliphatic rings. The zero-order valence-electron chi connectivity index (χ0n) is 16.4. The van der Waals surface area contributed by atoms with Crippen molar-refractivity contribution >= 4 is 29.3 Å². The third-order valence-electron chi connectivity index (χ3n) is 5.37. The summed E-state index contributed by atoms with van der Waals surface area (Å²) in [7, 11) is 2.07. The molecule has 0 radical (unpaired) electrons. The lowest BCUT2D eigenvalue weighted by Gasteiger charge is -2.39. The van der Waals surface area contributed by atoms with Gasteiger partial charge >= 0.3 is 0 Å². The van der Waals surface area contributed by atoms with Crippen LogP contribution in [0.3, 0.4) is 0 Å². The van der Waals surface area contributed by atoms with Gasteiger partial charge in [0.25, 0.3) is 5.91 Å². The standard InChI is InChI=1S/C22H26N4O3/c1-25(18-9-6-17(7-10-18)22(23)28)19-12-14-26(15-13-19)20-5-3-2-4-16(20)8-11-21(27)24-29/h2-11,19,29H,12-15H2,1H3,(H2,23,28)(H,24,27)/b11-8+. The molecule has 0 unspecified atom stereocenters. The highest BCUT2D eigenvalue weighted by atomic mass is 16.5. The van der Waals surface area contributed by atoms with E-state index in [0.29, 0.717) is 11.6 Å². The fraction of sp³-hybridized carbons (Fsp3) is 0.273. The summed E-state index contributed by atoms with van der Waals surface area (Å²) < 4.78 is 0. The van der Waals surface area contributed by atoms with E-state index < -0.39 is 11.8 Å². The predicted octanol–water partition coefficient (Wildman–Crippen LogP) is 2.41. The molecule has 0 saturated carbocycles. The number of hydrogen-bond donors (Lipinski definition) is 3. The van der Waals surface area contributed by atoms with Crippen LogP contribution in [0, 0.1) is 0 Å². The van der Waals surface area contributed by atoms with E-state index in [-0.39, 0.29) is 0 Å². The van der Waals surface area contributed by atoms with E-state index in [1.807, 2.05) is 36.4 Å². The topological polar surface area (TPSA) is 98.9 Å². The third-order valence-corrected chi connectivity index (χ3v) is 5.37. The summed E-state index contributed by atoms with van der Waals surface area (Å²) in [5, 5.41) is 8.66. The van der Waals surface area contributed by atoms with Crippen molar-refractivity contribution in [1.29, 1.82) is 0 Å². The first-order chi connectivity index (χ1) is 14.0. The number of benzene rings is 2. The minimum absolute atomic E-state index is 0.397. The minimum Gasteiger partial charge on any atom is -0.371 e. The molecule has 0 aliphatic carbocycles. The van der Waals surface area contributed by atoms with Crippen molar-refractivity contribution in [2.45, 2.75) is 18.9 Å². The molecule has 0 bridgehead atoms. The molecule has 152 valence electrons. The largest absolute Gasteiger partial charge is 0.371 e. The number of amides is 2. The molecule has 0 aromatic heterocycles. The quantitative estimate of drug-likeness (QED) is 0.397. The number of carbonyl (C=O) groups is 2. The lowest BCUT2D eigenvalue weighted by molar-refractivity contribution is -0.124. The van der Waals surface area contributed by atoms with E-state index in [4.69, 9.17) is 10.9 Å². The SMILES string of the molecule is CN(c1ccc(C(N)=O)cc1)C1CCN(c2ccccc2/C=C/C(=O)NO)CC1. The van der Waals surface area contributed by atoms with Crippen LogP contribution in [-0.4, -0.2) is 43.2 Å². The van der Waals surface area contributed by atoms with Crippen molar-refractivity contribution in [2.75, 3.05) is 29.9 Å². The number of carbonyl (C=O) groups excluding carboxylic acids is 2. The molecule has 1 heterocycles. The van der Waals surface area contributed by atoms with Gasteiger partial charge in [0.2, 0.25) is 5.91 Å². The average molecular weight is 394 g/mol. The van der Waals surface area contributed by atoms with Crippen LogP contribution < -0.4 is 21.0 Å². The molecule has 2 aromatic rings. The monoisotopic (exact) mass is 394 g/mol. The molecule has 4 N–H and O–H groups in total. The summed E-state index contributed by atoms with van der Waals surface area (Å²) in [5.74, 6) is -0.973. The first-order valence-corrected chi connectivity index (χ1v) is 9.58. The molecule has 7 heteroatoms. The second-order valence-electron chi connectivity index (χ2n) is 7.11. The van der Waals surface area contributed by atoms with Crippen molar-refractivity contribution in [3.8, 4) is 0 Å². The highest BCUT2D eigenvalue weighted by Gasteiger charge is 2.24. The summed E-state index contributed by atoms with van der Waals surface area (Å²) in [4.78, 5) is 27.1. The molecule has 7 nitrogen and oxygen atoms in total. The van der Waals surface area contributed by atoms with Crippen molar-refractivity contribution in [2.24, 2.45) is 5.73 Å². The van der Waals surface area contributed by atoms with Gasteiger partial charge in [0.05, 0.1) is 0 Å². The van der Waals surface area contributed by atoms with E-state index in [1.54, 1.807) is 23.7 Å². The van der Waals surface area contributed by atoms with E-state index in [0.717, 1.165) is 42.9 Å². The van der Waals surface area contributed by atoms with Gasteiger partial charge in [-0.2, -0.15) is 0 Å². The van der Waals surface area contributed by atoms with E-state index in [9.17, 15) is 9.59 Å². The zero-order chi connectivity index (χ0) is 20.8. The van der Waals surface area contributed by atoms with Gasteiger partial charge in [0.1, 0.15) is 0 Å². The Morgan fingerprint density at radius 1 is 1.14 bits per heavy atom. The number of rotatable bonds is 6. The Labute approximate surface area is 170 Å².